The largest absolute Gasteiger partial charge is 0.322 e. The quantitative estimate of drug-likeness (QED) is 0.345. The third-order valence-corrected chi connectivity index (χ3v) is 6.51. The predicted octanol–water partition coefficient (Wildman–Crippen LogP) is 6.99. The van der Waals surface area contributed by atoms with Crippen molar-refractivity contribution in [1.29, 1.82) is 0 Å². The highest BCUT2D eigenvalue weighted by atomic mass is 35.5. The van der Waals surface area contributed by atoms with Gasteiger partial charge >= 0.3 is 0 Å². The van der Waals surface area contributed by atoms with Gasteiger partial charge < -0.3 is 5.32 Å². The van der Waals surface area contributed by atoms with Gasteiger partial charge in [-0.2, -0.15) is 5.10 Å². The number of carbonyl (C=O) groups excluding carboxylic acids is 1. The fourth-order valence-corrected chi connectivity index (χ4v) is 4.59. The smallest absolute Gasteiger partial charge is 0.260 e. The lowest BCUT2D eigenvalue weighted by molar-refractivity contribution is 0.102. The third kappa shape index (κ3) is 4.71. The molecule has 1 amide bonds. The third-order valence-electron chi connectivity index (χ3n) is 4.97. The lowest BCUT2D eigenvalue weighted by Gasteiger charge is -2.09. The summed E-state index contributed by atoms with van der Waals surface area (Å²) in [6, 6.07) is 19.8. The van der Waals surface area contributed by atoms with Gasteiger partial charge in [0.15, 0.2) is 0 Å². The van der Waals surface area contributed by atoms with E-state index in [1.807, 2.05) is 24.3 Å². The molecule has 4 aromatic rings. The van der Waals surface area contributed by atoms with Crippen molar-refractivity contribution in [3.8, 4) is 5.69 Å². The maximum atomic E-state index is 13.2. The number of anilines is 1. The average molecular weight is 466 g/mol. The molecule has 0 spiro atoms. The Morgan fingerprint density at radius 2 is 1.69 bits per heavy atom. The van der Waals surface area contributed by atoms with E-state index in [2.05, 4.69) is 42.5 Å². The molecule has 1 N–H and O–H groups in total. The molecule has 162 valence electrons. The first-order valence-electron chi connectivity index (χ1n) is 9.99. The number of benzene rings is 3. The van der Waals surface area contributed by atoms with Gasteiger partial charge in [-0.3, -0.25) is 4.79 Å². The van der Waals surface area contributed by atoms with Crippen molar-refractivity contribution in [3.05, 3.63) is 100 Å². The van der Waals surface area contributed by atoms with Crippen molar-refractivity contribution < 1.29 is 9.18 Å². The standard InChI is InChI=1S/C25H21ClFN3OS/c1-15-4-13-22(16(2)14-15)32-21-11-7-19(8-12-21)28-25(31)23-17(3)29-30(24(23)26)20-9-5-18(27)6-10-20/h4-14H,1-3H3,(H,28,31). The van der Waals surface area contributed by atoms with E-state index in [-0.39, 0.29) is 22.4 Å². The van der Waals surface area contributed by atoms with Gasteiger partial charge in [-0.05, 0) is 80.9 Å². The maximum Gasteiger partial charge on any atom is 0.260 e. The fourth-order valence-electron chi connectivity index (χ4n) is 3.35. The molecule has 0 unspecified atom stereocenters. The molecule has 0 atom stereocenters. The van der Waals surface area contributed by atoms with Crippen LogP contribution in [0.2, 0.25) is 5.15 Å². The molecular weight excluding hydrogens is 445 g/mol. The van der Waals surface area contributed by atoms with Gasteiger partial charge in [0.1, 0.15) is 16.5 Å². The van der Waals surface area contributed by atoms with E-state index < -0.39 is 0 Å². The first kappa shape index (κ1) is 22.1. The second kappa shape index (κ2) is 9.18. The minimum Gasteiger partial charge on any atom is -0.322 e. The second-order valence-corrected chi connectivity index (χ2v) is 8.96. The van der Waals surface area contributed by atoms with Crippen LogP contribution in [0, 0.1) is 26.6 Å². The number of amides is 1. The van der Waals surface area contributed by atoms with Crippen LogP contribution < -0.4 is 5.32 Å². The number of hydrogen-bond acceptors (Lipinski definition) is 3. The number of halogens is 2. The summed E-state index contributed by atoms with van der Waals surface area (Å²) in [5.41, 5.74) is 4.47. The number of aromatic nitrogens is 2. The molecule has 1 heterocycles. The molecule has 0 radical (unpaired) electrons. The van der Waals surface area contributed by atoms with Crippen LogP contribution >= 0.6 is 23.4 Å². The lowest BCUT2D eigenvalue weighted by atomic mass is 10.2. The fraction of sp³-hybridized carbons (Fsp3) is 0.120. The van der Waals surface area contributed by atoms with E-state index in [0.29, 0.717) is 17.1 Å². The van der Waals surface area contributed by atoms with Crippen LogP contribution in [0.25, 0.3) is 5.69 Å². The van der Waals surface area contributed by atoms with Crippen molar-refractivity contribution in [2.75, 3.05) is 5.32 Å². The average Bonchev–Trinajstić information content (AvgIpc) is 3.06. The highest BCUT2D eigenvalue weighted by Gasteiger charge is 2.21. The molecule has 7 heteroatoms. The van der Waals surface area contributed by atoms with Gasteiger partial charge in [-0.15, -0.1) is 0 Å². The minimum atomic E-state index is -0.356. The van der Waals surface area contributed by atoms with Crippen molar-refractivity contribution in [2.45, 2.75) is 30.6 Å². The van der Waals surface area contributed by atoms with Gasteiger partial charge in [0.25, 0.3) is 5.91 Å². The van der Waals surface area contributed by atoms with Gasteiger partial charge in [0, 0.05) is 15.5 Å². The molecule has 3 aromatic carbocycles. The molecule has 0 aliphatic rings. The van der Waals surface area contributed by atoms with E-state index >= 15 is 0 Å². The first-order valence-corrected chi connectivity index (χ1v) is 11.2. The Labute approximate surface area is 195 Å². The minimum absolute atomic E-state index is 0.175. The Morgan fingerprint density at radius 1 is 1.00 bits per heavy atom. The molecule has 0 aliphatic heterocycles. The van der Waals surface area contributed by atoms with Crippen molar-refractivity contribution in [3.63, 3.8) is 0 Å². The monoisotopic (exact) mass is 465 g/mol. The molecule has 0 saturated carbocycles. The molecule has 1 aromatic heterocycles. The highest BCUT2D eigenvalue weighted by Crippen LogP contribution is 2.32. The number of hydrogen-bond donors (Lipinski definition) is 1. The lowest BCUT2D eigenvalue weighted by Crippen LogP contribution is -2.13. The zero-order valence-electron chi connectivity index (χ0n) is 17.8. The van der Waals surface area contributed by atoms with Crippen LogP contribution in [0.1, 0.15) is 27.2 Å². The summed E-state index contributed by atoms with van der Waals surface area (Å²) in [7, 11) is 0. The van der Waals surface area contributed by atoms with Crippen LogP contribution in [0.15, 0.2) is 76.5 Å². The van der Waals surface area contributed by atoms with Gasteiger partial charge in [0.05, 0.1) is 11.4 Å². The zero-order valence-corrected chi connectivity index (χ0v) is 19.4. The molecule has 0 fully saturated rings. The summed E-state index contributed by atoms with van der Waals surface area (Å²) in [5.74, 6) is -0.707. The first-order chi connectivity index (χ1) is 15.3. The topological polar surface area (TPSA) is 46.9 Å². The van der Waals surface area contributed by atoms with E-state index in [9.17, 15) is 9.18 Å². The molecule has 0 bridgehead atoms. The van der Waals surface area contributed by atoms with Crippen molar-refractivity contribution >= 4 is 35.0 Å². The summed E-state index contributed by atoms with van der Waals surface area (Å²) in [5, 5.41) is 7.40. The van der Waals surface area contributed by atoms with E-state index in [1.54, 1.807) is 30.8 Å². The Morgan fingerprint density at radius 3 is 2.34 bits per heavy atom. The Hall–Kier alpha value is -3.09. The van der Waals surface area contributed by atoms with Crippen LogP contribution in [-0.2, 0) is 0 Å². The molecule has 0 aliphatic carbocycles. The van der Waals surface area contributed by atoms with Crippen LogP contribution in [0.4, 0.5) is 10.1 Å². The van der Waals surface area contributed by atoms with E-state index in [0.717, 1.165) is 4.90 Å². The highest BCUT2D eigenvalue weighted by molar-refractivity contribution is 7.99. The summed E-state index contributed by atoms with van der Waals surface area (Å²) < 4.78 is 14.6. The number of rotatable bonds is 5. The Kier molecular flexibility index (Phi) is 6.35. The predicted molar refractivity (Wildman–Crippen MR) is 128 cm³/mol. The summed E-state index contributed by atoms with van der Waals surface area (Å²) in [6.45, 7) is 5.89. The molecular formula is C25H21ClFN3OS. The number of carbonyl (C=O) groups is 1. The summed E-state index contributed by atoms with van der Waals surface area (Å²) >= 11 is 8.13. The van der Waals surface area contributed by atoms with Gasteiger partial charge in [-0.25, -0.2) is 9.07 Å². The van der Waals surface area contributed by atoms with Crippen LogP contribution in [-0.4, -0.2) is 15.7 Å². The van der Waals surface area contributed by atoms with Gasteiger partial charge in [-0.1, -0.05) is 41.1 Å². The normalized spacial score (nSPS) is 10.9. The van der Waals surface area contributed by atoms with Crippen LogP contribution in [0.3, 0.4) is 0 Å². The van der Waals surface area contributed by atoms with E-state index in [1.165, 1.54) is 32.8 Å². The second-order valence-electron chi connectivity index (χ2n) is 7.49. The number of aryl methyl sites for hydroxylation is 3. The molecule has 0 saturated heterocycles. The van der Waals surface area contributed by atoms with Crippen molar-refractivity contribution in [1.82, 2.24) is 9.78 Å². The Bertz CT molecular complexity index is 1280. The number of nitrogens with one attached hydrogen (secondary N) is 1. The van der Waals surface area contributed by atoms with E-state index in [4.69, 9.17) is 11.6 Å². The van der Waals surface area contributed by atoms with Crippen molar-refractivity contribution in [2.24, 2.45) is 0 Å². The molecule has 32 heavy (non-hydrogen) atoms. The van der Waals surface area contributed by atoms with Gasteiger partial charge in [0.2, 0.25) is 0 Å². The number of nitrogens with zero attached hydrogens (tertiary/aromatic N) is 2. The molecule has 4 rings (SSSR count). The zero-order chi connectivity index (χ0) is 22.8. The Balaban J connectivity index is 1.50. The SMILES string of the molecule is Cc1ccc(Sc2ccc(NC(=O)c3c(C)nn(-c4ccc(F)cc4)c3Cl)cc2)c(C)c1. The summed E-state index contributed by atoms with van der Waals surface area (Å²) in [6.07, 6.45) is 0. The molecule has 4 nitrogen and oxygen atoms in total. The summed E-state index contributed by atoms with van der Waals surface area (Å²) in [4.78, 5) is 15.2. The maximum absolute atomic E-state index is 13.2. The van der Waals surface area contributed by atoms with Crippen LogP contribution in [0.5, 0.6) is 0 Å².